The van der Waals surface area contributed by atoms with E-state index >= 15 is 19.2 Å². The topological polar surface area (TPSA) is 105 Å². The number of rotatable bonds is 8. The Hall–Kier alpha value is -1.32. The first-order valence-corrected chi connectivity index (χ1v) is 29.1. The zero-order valence-corrected chi connectivity index (χ0v) is 52.6. The van der Waals surface area contributed by atoms with Gasteiger partial charge in [0.25, 0.3) is 0 Å². The fraction of sp³-hybridized carbons (Fsp3) is 0.929. The van der Waals surface area contributed by atoms with Crippen LogP contribution in [-0.4, -0.2) is 43.9 Å². The van der Waals surface area contributed by atoms with E-state index in [0.29, 0.717) is 0 Å². The first-order chi connectivity index (χ1) is 27.5. The molecule has 384 valence electrons. The van der Waals surface area contributed by atoms with Crippen molar-refractivity contribution in [1.29, 1.82) is 0 Å². The minimum atomic E-state index is -7.09. The van der Waals surface area contributed by atoms with Crippen LogP contribution in [0.2, 0.25) is 0 Å². The molecule has 0 amide bonds. The van der Waals surface area contributed by atoms with Gasteiger partial charge in [-0.05, 0) is 0 Å². The molecular formula is C56H108O8Sn. The Morgan fingerprint density at radius 2 is 0.277 bits per heavy atom. The molecule has 0 saturated carbocycles. The summed E-state index contributed by atoms with van der Waals surface area (Å²) in [4.78, 5) is 65.4. The van der Waals surface area contributed by atoms with Crippen molar-refractivity contribution in [3.8, 4) is 0 Å². The first kappa shape index (κ1) is 63.7. The van der Waals surface area contributed by atoms with Gasteiger partial charge in [0, 0.05) is 0 Å². The molecule has 0 spiro atoms. The predicted octanol–water partition coefficient (Wildman–Crippen LogP) is 16.1. The molecule has 8 nitrogen and oxygen atoms in total. The van der Waals surface area contributed by atoms with Crippen molar-refractivity contribution in [2.75, 3.05) is 0 Å². The number of hydrogen-bond donors (Lipinski definition) is 0. The minimum absolute atomic E-state index is 0.747. The van der Waals surface area contributed by atoms with Crippen molar-refractivity contribution >= 4 is 43.9 Å². The molecule has 0 aromatic heterocycles. The zero-order chi connectivity index (χ0) is 53.6. The Morgan fingerprint density at radius 3 is 0.338 bits per heavy atom. The van der Waals surface area contributed by atoms with Gasteiger partial charge in [-0.15, -0.1) is 0 Å². The van der Waals surface area contributed by atoms with Gasteiger partial charge in [0.1, 0.15) is 0 Å². The van der Waals surface area contributed by atoms with Crippen molar-refractivity contribution in [2.45, 2.75) is 249 Å². The third kappa shape index (κ3) is 10.2. The van der Waals surface area contributed by atoms with Crippen molar-refractivity contribution < 1.29 is 31.5 Å². The molecule has 0 atom stereocenters. The second-order valence-corrected chi connectivity index (χ2v) is 37.2. The van der Waals surface area contributed by atoms with E-state index in [1.165, 1.54) is 0 Å². The molecule has 0 aromatic rings. The molecule has 0 aromatic carbocycles. The predicted molar refractivity (Wildman–Crippen MR) is 273 cm³/mol. The third-order valence-corrected chi connectivity index (χ3v) is 20.6. The molecule has 0 aliphatic carbocycles. The average molecular weight is 1030 g/mol. The molecule has 0 radical (unpaired) electrons. The SMILES string of the molecule is CC(C)(C)C(C(=O)[O][Sn]([O]C(=O)C(C(C)(C)C)(C(C)(C)C)C(C)(C)C)([O]C(=O)C(C(C)(C)C)(C(C)(C)C)C(C)(C)C)[O]C(=O)C(C(C)(C)C)(C(C)(C)C)C(C)(C)C)(C(C)(C)C)C(C)(C)C. The number of carbonyl (C=O) groups excluding carboxylic acids is 4. The van der Waals surface area contributed by atoms with Gasteiger partial charge in [0.15, 0.2) is 0 Å². The number of carbonyl (C=O) groups is 4. The molecule has 0 aliphatic rings. The van der Waals surface area contributed by atoms with Crippen LogP contribution in [0.4, 0.5) is 0 Å². The fourth-order valence-corrected chi connectivity index (χ4v) is 23.1. The van der Waals surface area contributed by atoms with E-state index in [4.69, 9.17) is 12.3 Å². The molecule has 0 saturated heterocycles. The van der Waals surface area contributed by atoms with Crippen LogP contribution in [0.15, 0.2) is 0 Å². The molecule has 0 heterocycles. The van der Waals surface area contributed by atoms with E-state index in [-0.39, 0.29) is 0 Å². The van der Waals surface area contributed by atoms with E-state index < -0.39 is 131 Å². The summed E-state index contributed by atoms with van der Waals surface area (Å²) in [6.07, 6.45) is 0. The van der Waals surface area contributed by atoms with Crippen molar-refractivity contribution in [3.63, 3.8) is 0 Å². The van der Waals surface area contributed by atoms with Gasteiger partial charge >= 0.3 is 411 Å². The van der Waals surface area contributed by atoms with Crippen LogP contribution in [0, 0.1) is 86.6 Å². The Bertz CT molecular complexity index is 1320. The monoisotopic (exact) mass is 1030 g/mol. The van der Waals surface area contributed by atoms with Crippen LogP contribution in [0.25, 0.3) is 0 Å². The average Bonchev–Trinajstić information content (AvgIpc) is 2.82. The van der Waals surface area contributed by atoms with Gasteiger partial charge in [-0.2, -0.15) is 0 Å². The van der Waals surface area contributed by atoms with Crippen LogP contribution in [-0.2, 0) is 31.5 Å². The standard InChI is InChI=1S/4C14H28O2.Sn/c4*1-11(2,3)14(10(15)16,12(4,5)6)13(7,8)9;/h4*1-9H3,(H,15,16);/q;;;;+4/p-4. The fourth-order valence-electron chi connectivity index (χ4n) is 18.1. The Kier molecular flexibility index (Phi) is 17.2. The second-order valence-electron chi connectivity index (χ2n) is 32.1. The Morgan fingerprint density at radius 1 is 0.200 bits per heavy atom. The van der Waals surface area contributed by atoms with Gasteiger partial charge in [-0.25, -0.2) is 0 Å². The maximum atomic E-state index is 16.3. The molecule has 0 N–H and O–H groups in total. The van der Waals surface area contributed by atoms with E-state index in [1.807, 2.05) is 249 Å². The van der Waals surface area contributed by atoms with Gasteiger partial charge in [0.2, 0.25) is 0 Å². The Balaban J connectivity index is 10.2. The van der Waals surface area contributed by atoms with Gasteiger partial charge in [-0.1, -0.05) is 0 Å². The molecule has 65 heavy (non-hydrogen) atoms. The zero-order valence-electron chi connectivity index (χ0n) is 49.8. The maximum absolute atomic E-state index is 16.3. The number of hydrogen-bond acceptors (Lipinski definition) is 8. The normalized spacial score (nSPS) is 15.9. The molecule has 0 rings (SSSR count). The molecule has 0 fully saturated rings. The molecule has 0 bridgehead atoms. The van der Waals surface area contributed by atoms with Crippen LogP contribution < -0.4 is 0 Å². The summed E-state index contributed by atoms with van der Waals surface area (Å²) in [7, 11) is 0. The first-order valence-electron chi connectivity index (χ1n) is 24.4. The van der Waals surface area contributed by atoms with Crippen LogP contribution >= 0.6 is 0 Å². The van der Waals surface area contributed by atoms with E-state index in [2.05, 4.69) is 0 Å². The molecule has 0 unspecified atom stereocenters. The quantitative estimate of drug-likeness (QED) is 0.221. The van der Waals surface area contributed by atoms with Crippen LogP contribution in [0.5, 0.6) is 0 Å². The van der Waals surface area contributed by atoms with Gasteiger partial charge < -0.3 is 0 Å². The van der Waals surface area contributed by atoms with Gasteiger partial charge in [0.05, 0.1) is 0 Å². The summed E-state index contributed by atoms with van der Waals surface area (Å²) >= 11 is -7.09. The van der Waals surface area contributed by atoms with E-state index in [9.17, 15) is 0 Å². The third-order valence-electron chi connectivity index (χ3n) is 15.6. The molecular weight excluding hydrogens is 919 g/mol. The van der Waals surface area contributed by atoms with E-state index in [1.54, 1.807) is 0 Å². The van der Waals surface area contributed by atoms with Crippen molar-refractivity contribution in [2.24, 2.45) is 86.6 Å². The molecule has 9 heteroatoms. The summed E-state index contributed by atoms with van der Waals surface area (Å²) < 4.78 is 28.5. The Labute approximate surface area is 409 Å². The summed E-state index contributed by atoms with van der Waals surface area (Å²) in [5.41, 5.74) is -14.9. The molecule has 0 aliphatic heterocycles. The summed E-state index contributed by atoms with van der Waals surface area (Å²) in [5.74, 6) is -2.99. The van der Waals surface area contributed by atoms with Crippen LogP contribution in [0.3, 0.4) is 0 Å². The van der Waals surface area contributed by atoms with E-state index in [0.717, 1.165) is 0 Å². The summed E-state index contributed by atoms with van der Waals surface area (Å²) in [5, 5.41) is 0. The summed E-state index contributed by atoms with van der Waals surface area (Å²) in [6.45, 7) is 72.1. The van der Waals surface area contributed by atoms with Crippen molar-refractivity contribution in [1.82, 2.24) is 0 Å². The summed E-state index contributed by atoms with van der Waals surface area (Å²) in [6, 6.07) is 0. The van der Waals surface area contributed by atoms with Gasteiger partial charge in [-0.3, -0.25) is 0 Å². The van der Waals surface area contributed by atoms with Crippen molar-refractivity contribution in [3.05, 3.63) is 0 Å². The van der Waals surface area contributed by atoms with Crippen LogP contribution in [0.1, 0.15) is 249 Å². The second kappa shape index (κ2) is 17.5.